The van der Waals surface area contributed by atoms with E-state index in [1.807, 2.05) is 0 Å². The first-order valence-electron chi connectivity index (χ1n) is 5.79. The van der Waals surface area contributed by atoms with Crippen molar-refractivity contribution in [2.75, 3.05) is 6.54 Å². The van der Waals surface area contributed by atoms with Crippen molar-refractivity contribution in [1.29, 1.82) is 0 Å². The largest absolute Gasteiger partial charge is 0.460 e. The first-order chi connectivity index (χ1) is 8.15. The summed E-state index contributed by atoms with van der Waals surface area (Å²) in [6.45, 7) is 2.15. The van der Waals surface area contributed by atoms with Gasteiger partial charge in [0.15, 0.2) is 0 Å². The van der Waals surface area contributed by atoms with Gasteiger partial charge in [0.25, 0.3) is 0 Å². The predicted octanol–water partition coefficient (Wildman–Crippen LogP) is 1.93. The van der Waals surface area contributed by atoms with E-state index in [9.17, 15) is 9.18 Å². The standard InChI is InChI=1S/C13H16FNO2/c1-9-6-10(2-5-12(9)14)8-17-13(16)7-15-11-3-4-11/h2,5-6,11,15H,3-4,7-8H2,1H3. The summed E-state index contributed by atoms with van der Waals surface area (Å²) in [6, 6.07) is 5.21. The number of aryl methyl sites for hydroxylation is 1. The minimum atomic E-state index is -0.265. The van der Waals surface area contributed by atoms with Gasteiger partial charge in [-0.25, -0.2) is 4.39 Å². The summed E-state index contributed by atoms with van der Waals surface area (Å²) < 4.78 is 18.1. The number of halogens is 1. The maximum absolute atomic E-state index is 13.0. The Hall–Kier alpha value is -1.42. The lowest BCUT2D eigenvalue weighted by atomic mass is 10.1. The van der Waals surface area contributed by atoms with Crippen molar-refractivity contribution in [3.63, 3.8) is 0 Å². The summed E-state index contributed by atoms with van der Waals surface area (Å²) in [7, 11) is 0. The zero-order valence-electron chi connectivity index (χ0n) is 9.83. The zero-order chi connectivity index (χ0) is 12.3. The highest BCUT2D eigenvalue weighted by Crippen LogP contribution is 2.18. The molecule has 1 aromatic carbocycles. The van der Waals surface area contributed by atoms with Gasteiger partial charge in [-0.05, 0) is 43.0 Å². The van der Waals surface area contributed by atoms with Gasteiger partial charge in [0.2, 0.25) is 0 Å². The van der Waals surface area contributed by atoms with Gasteiger partial charge in [-0.2, -0.15) is 0 Å². The van der Waals surface area contributed by atoms with E-state index in [0.717, 1.165) is 18.4 Å². The van der Waals surface area contributed by atoms with E-state index >= 15 is 0 Å². The van der Waals surface area contributed by atoms with Crippen LogP contribution in [0.4, 0.5) is 4.39 Å². The number of esters is 1. The number of hydrogen-bond acceptors (Lipinski definition) is 3. The van der Waals surface area contributed by atoms with Gasteiger partial charge in [-0.15, -0.1) is 0 Å². The molecule has 1 saturated carbocycles. The number of rotatable bonds is 5. The topological polar surface area (TPSA) is 38.3 Å². The molecule has 17 heavy (non-hydrogen) atoms. The van der Waals surface area contributed by atoms with Gasteiger partial charge in [0, 0.05) is 6.04 Å². The molecule has 0 unspecified atom stereocenters. The Labute approximate surface area is 100.0 Å². The summed E-state index contributed by atoms with van der Waals surface area (Å²) in [5.41, 5.74) is 1.37. The fourth-order valence-corrected chi connectivity index (χ4v) is 1.53. The molecule has 4 heteroatoms. The van der Waals surface area contributed by atoms with Crippen LogP contribution in [-0.4, -0.2) is 18.6 Å². The van der Waals surface area contributed by atoms with E-state index in [0.29, 0.717) is 11.6 Å². The van der Waals surface area contributed by atoms with Crippen LogP contribution < -0.4 is 5.32 Å². The third kappa shape index (κ3) is 3.82. The highest BCUT2D eigenvalue weighted by molar-refractivity contribution is 5.71. The third-order valence-corrected chi connectivity index (χ3v) is 2.73. The van der Waals surface area contributed by atoms with Gasteiger partial charge in [-0.3, -0.25) is 4.79 Å². The highest BCUT2D eigenvalue weighted by atomic mass is 19.1. The van der Waals surface area contributed by atoms with Crippen molar-refractivity contribution in [3.05, 3.63) is 35.1 Å². The molecule has 1 aliphatic rings. The number of carbonyl (C=O) groups excluding carboxylic acids is 1. The zero-order valence-corrected chi connectivity index (χ0v) is 9.83. The second kappa shape index (κ2) is 5.27. The van der Waals surface area contributed by atoms with Crippen molar-refractivity contribution in [3.8, 4) is 0 Å². The molecule has 0 heterocycles. The first-order valence-corrected chi connectivity index (χ1v) is 5.79. The van der Waals surface area contributed by atoms with Crippen LogP contribution >= 0.6 is 0 Å². The molecule has 0 bridgehead atoms. The molecule has 3 nitrogen and oxygen atoms in total. The minimum Gasteiger partial charge on any atom is -0.460 e. The Kier molecular flexibility index (Phi) is 3.74. The molecule has 1 aliphatic carbocycles. The van der Waals surface area contributed by atoms with Gasteiger partial charge < -0.3 is 10.1 Å². The van der Waals surface area contributed by atoms with E-state index < -0.39 is 0 Å². The SMILES string of the molecule is Cc1cc(COC(=O)CNC2CC2)ccc1F. The average Bonchev–Trinajstić information content (AvgIpc) is 3.12. The molecule has 0 spiro atoms. The van der Waals surface area contributed by atoms with E-state index in [2.05, 4.69) is 5.32 Å². The van der Waals surface area contributed by atoms with Crippen molar-refractivity contribution in [1.82, 2.24) is 5.32 Å². The minimum absolute atomic E-state index is 0.201. The van der Waals surface area contributed by atoms with Crippen LogP contribution in [-0.2, 0) is 16.1 Å². The molecule has 2 rings (SSSR count). The Morgan fingerprint density at radius 3 is 2.94 bits per heavy atom. The Morgan fingerprint density at radius 1 is 1.53 bits per heavy atom. The normalized spacial score (nSPS) is 14.7. The van der Waals surface area contributed by atoms with Crippen molar-refractivity contribution < 1.29 is 13.9 Å². The van der Waals surface area contributed by atoms with Crippen LogP contribution in [0, 0.1) is 12.7 Å². The summed E-state index contributed by atoms with van der Waals surface area (Å²) in [5.74, 6) is -0.505. The predicted molar refractivity (Wildman–Crippen MR) is 62.0 cm³/mol. The first kappa shape index (κ1) is 12.0. The number of ether oxygens (including phenoxy) is 1. The van der Waals surface area contributed by atoms with Crippen molar-refractivity contribution >= 4 is 5.97 Å². The van der Waals surface area contributed by atoms with Crippen LogP contribution in [0.2, 0.25) is 0 Å². The van der Waals surface area contributed by atoms with Crippen LogP contribution in [0.1, 0.15) is 24.0 Å². The summed E-state index contributed by atoms with van der Waals surface area (Å²) >= 11 is 0. The number of benzene rings is 1. The fraction of sp³-hybridized carbons (Fsp3) is 0.462. The van der Waals surface area contributed by atoms with Crippen molar-refractivity contribution in [2.45, 2.75) is 32.4 Å². The third-order valence-electron chi connectivity index (χ3n) is 2.73. The van der Waals surface area contributed by atoms with Crippen LogP contribution in [0.5, 0.6) is 0 Å². The highest BCUT2D eigenvalue weighted by Gasteiger charge is 2.21. The molecular formula is C13H16FNO2. The number of nitrogens with one attached hydrogen (secondary N) is 1. The maximum Gasteiger partial charge on any atom is 0.320 e. The lowest BCUT2D eigenvalue weighted by molar-refractivity contribution is -0.143. The smallest absolute Gasteiger partial charge is 0.320 e. The summed E-state index contributed by atoms with van der Waals surface area (Å²) in [5, 5.41) is 3.08. The van der Waals surface area contributed by atoms with E-state index in [-0.39, 0.29) is 24.9 Å². The van der Waals surface area contributed by atoms with E-state index in [4.69, 9.17) is 4.74 Å². The Balaban J connectivity index is 1.75. The second-order valence-electron chi connectivity index (χ2n) is 4.40. The summed E-state index contributed by atoms with van der Waals surface area (Å²) in [6.07, 6.45) is 2.29. The van der Waals surface area contributed by atoms with Gasteiger partial charge >= 0.3 is 5.97 Å². The quantitative estimate of drug-likeness (QED) is 0.795. The molecule has 0 atom stereocenters. The molecule has 1 fully saturated rings. The van der Waals surface area contributed by atoms with Crippen LogP contribution in [0.25, 0.3) is 0 Å². The summed E-state index contributed by atoms with van der Waals surface area (Å²) in [4.78, 5) is 11.3. The molecule has 1 aromatic rings. The van der Waals surface area contributed by atoms with E-state index in [1.54, 1.807) is 19.1 Å². The molecule has 1 N–H and O–H groups in total. The molecule has 0 aromatic heterocycles. The van der Waals surface area contributed by atoms with Gasteiger partial charge in [0.1, 0.15) is 12.4 Å². The molecule has 0 saturated heterocycles. The van der Waals surface area contributed by atoms with Gasteiger partial charge in [0.05, 0.1) is 6.54 Å². The monoisotopic (exact) mass is 237 g/mol. The van der Waals surface area contributed by atoms with Crippen LogP contribution in [0.3, 0.4) is 0 Å². The van der Waals surface area contributed by atoms with Gasteiger partial charge in [-0.1, -0.05) is 6.07 Å². The maximum atomic E-state index is 13.0. The van der Waals surface area contributed by atoms with Crippen molar-refractivity contribution in [2.24, 2.45) is 0 Å². The molecule has 0 amide bonds. The lowest BCUT2D eigenvalue weighted by Crippen LogP contribution is -2.26. The molecule has 0 radical (unpaired) electrons. The Bertz CT molecular complexity index is 416. The number of carbonyl (C=O) groups is 1. The lowest BCUT2D eigenvalue weighted by Gasteiger charge is -2.06. The fourth-order valence-electron chi connectivity index (χ4n) is 1.53. The average molecular weight is 237 g/mol. The molecule has 92 valence electrons. The second-order valence-corrected chi connectivity index (χ2v) is 4.40. The molecule has 0 aliphatic heterocycles. The van der Waals surface area contributed by atoms with E-state index in [1.165, 1.54) is 6.07 Å². The molecular weight excluding hydrogens is 221 g/mol. The Morgan fingerprint density at radius 2 is 2.29 bits per heavy atom. The van der Waals surface area contributed by atoms with Crippen LogP contribution in [0.15, 0.2) is 18.2 Å². The number of hydrogen-bond donors (Lipinski definition) is 1.